The summed E-state index contributed by atoms with van der Waals surface area (Å²) < 4.78 is 10.6. The molecule has 2 N–H and O–H groups in total. The number of nitrogens with one attached hydrogen (secondary N) is 2. The lowest BCUT2D eigenvalue weighted by molar-refractivity contribution is -0.118. The van der Waals surface area contributed by atoms with E-state index in [1.807, 2.05) is 26.0 Å². The number of allylic oxidation sites excluding steroid dienone is 2. The van der Waals surface area contributed by atoms with Gasteiger partial charge in [0.15, 0.2) is 5.82 Å². The molecule has 2 unspecified atom stereocenters. The Kier molecular flexibility index (Phi) is 4.95. The zero-order valence-electron chi connectivity index (χ0n) is 16.6. The van der Waals surface area contributed by atoms with Crippen LogP contribution in [0.25, 0.3) is 11.4 Å². The summed E-state index contributed by atoms with van der Waals surface area (Å²) in [5.74, 6) is 2.16. The van der Waals surface area contributed by atoms with Crippen LogP contribution in [0.3, 0.4) is 0 Å². The number of aromatic amines is 1. The zero-order chi connectivity index (χ0) is 19.8. The number of ether oxygens (including phenoxy) is 2. The lowest BCUT2D eigenvalue weighted by Gasteiger charge is -2.07. The average Bonchev–Trinajstić information content (AvgIpc) is 2.95. The molecule has 0 saturated heterocycles. The van der Waals surface area contributed by atoms with E-state index in [1.54, 1.807) is 20.3 Å². The summed E-state index contributed by atoms with van der Waals surface area (Å²) in [7, 11) is 3.17. The van der Waals surface area contributed by atoms with Gasteiger partial charge >= 0.3 is 0 Å². The van der Waals surface area contributed by atoms with Crippen molar-refractivity contribution in [2.75, 3.05) is 19.5 Å². The number of methoxy groups -OCH3 is 2. The van der Waals surface area contributed by atoms with E-state index in [0.29, 0.717) is 17.3 Å². The number of amides is 1. The maximum absolute atomic E-state index is 12.7. The molecule has 3 rings (SSSR count). The van der Waals surface area contributed by atoms with Crippen LogP contribution in [-0.4, -0.2) is 35.3 Å². The largest absolute Gasteiger partial charge is 0.497 e. The van der Waals surface area contributed by atoms with Crippen LogP contribution in [0.5, 0.6) is 11.5 Å². The molecule has 27 heavy (non-hydrogen) atoms. The van der Waals surface area contributed by atoms with Gasteiger partial charge in [0.2, 0.25) is 11.9 Å². The number of H-pyrrole nitrogens is 1. The molecular formula is C20H26N4O3. The summed E-state index contributed by atoms with van der Waals surface area (Å²) in [6.07, 6.45) is 2.16. The Hall–Kier alpha value is -2.83. The molecule has 0 spiro atoms. The molecule has 144 valence electrons. The van der Waals surface area contributed by atoms with Crippen LogP contribution in [-0.2, 0) is 4.79 Å². The highest BCUT2D eigenvalue weighted by atomic mass is 16.5. The number of carbonyl (C=O) groups is 1. The van der Waals surface area contributed by atoms with Gasteiger partial charge in [0.05, 0.1) is 25.7 Å². The van der Waals surface area contributed by atoms with Crippen LogP contribution in [0, 0.1) is 17.3 Å². The van der Waals surface area contributed by atoms with E-state index in [2.05, 4.69) is 40.4 Å². The zero-order valence-corrected chi connectivity index (χ0v) is 16.6. The summed E-state index contributed by atoms with van der Waals surface area (Å²) in [6, 6.07) is 5.42. The monoisotopic (exact) mass is 370 g/mol. The molecule has 0 radical (unpaired) electrons. The minimum absolute atomic E-state index is 0.0559. The first-order valence-electron chi connectivity index (χ1n) is 8.88. The molecule has 1 amide bonds. The molecule has 1 heterocycles. The van der Waals surface area contributed by atoms with Crippen molar-refractivity contribution in [2.24, 2.45) is 17.3 Å². The second-order valence-corrected chi connectivity index (χ2v) is 7.63. The smallest absolute Gasteiger partial charge is 0.249 e. The molecule has 0 aliphatic heterocycles. The van der Waals surface area contributed by atoms with E-state index in [9.17, 15) is 4.79 Å². The normalized spacial score (nSPS) is 19.9. The lowest BCUT2D eigenvalue weighted by atomic mass is 10.1. The van der Waals surface area contributed by atoms with Crippen molar-refractivity contribution in [3.05, 3.63) is 29.8 Å². The van der Waals surface area contributed by atoms with Crippen LogP contribution >= 0.6 is 0 Å². The van der Waals surface area contributed by atoms with Crippen molar-refractivity contribution >= 4 is 11.9 Å². The molecule has 1 aromatic heterocycles. The third-order valence-electron chi connectivity index (χ3n) is 5.09. The summed E-state index contributed by atoms with van der Waals surface area (Å²) in [6.45, 7) is 8.31. The SMILES string of the molecule is COc1ccc(-c2nc(NC(=O)C3C(C=C(C)C)C3(C)C)n[nH]2)c(OC)c1. The van der Waals surface area contributed by atoms with E-state index >= 15 is 0 Å². The van der Waals surface area contributed by atoms with Gasteiger partial charge < -0.3 is 9.47 Å². The standard InChI is InChI=1S/C20H26N4O3/c1-11(2)9-14-16(20(14,3)4)18(25)22-19-21-17(23-24-19)13-8-7-12(26-5)10-15(13)27-6/h7-10,14,16H,1-6H3,(H2,21,22,23,24,25). The fourth-order valence-corrected chi connectivity index (χ4v) is 3.47. The Bertz CT molecular complexity index is 881. The first-order valence-corrected chi connectivity index (χ1v) is 8.88. The molecule has 2 aromatic rings. The highest BCUT2D eigenvalue weighted by Crippen LogP contribution is 2.59. The van der Waals surface area contributed by atoms with Crippen molar-refractivity contribution in [2.45, 2.75) is 27.7 Å². The number of benzene rings is 1. The summed E-state index contributed by atoms with van der Waals surface area (Å²) in [5, 5.41) is 9.80. The van der Waals surface area contributed by atoms with Gasteiger partial charge in [-0.1, -0.05) is 25.5 Å². The molecule has 1 aliphatic carbocycles. The van der Waals surface area contributed by atoms with Crippen molar-refractivity contribution in [3.8, 4) is 22.9 Å². The van der Waals surface area contributed by atoms with Crippen molar-refractivity contribution in [1.29, 1.82) is 0 Å². The van der Waals surface area contributed by atoms with Crippen LogP contribution < -0.4 is 14.8 Å². The van der Waals surface area contributed by atoms with Gasteiger partial charge in [0.1, 0.15) is 11.5 Å². The second kappa shape index (κ2) is 7.06. The molecule has 1 aliphatic rings. The topological polar surface area (TPSA) is 89.1 Å². The van der Waals surface area contributed by atoms with Gasteiger partial charge in [0, 0.05) is 6.07 Å². The fraction of sp³-hybridized carbons (Fsp3) is 0.450. The first kappa shape index (κ1) is 18.9. The Balaban J connectivity index is 1.76. The minimum Gasteiger partial charge on any atom is -0.497 e. The molecule has 1 saturated carbocycles. The highest BCUT2D eigenvalue weighted by Gasteiger charge is 2.60. The second-order valence-electron chi connectivity index (χ2n) is 7.63. The maximum Gasteiger partial charge on any atom is 0.249 e. The Morgan fingerprint density at radius 2 is 2.00 bits per heavy atom. The lowest BCUT2D eigenvalue weighted by Crippen LogP contribution is -2.17. The molecule has 7 nitrogen and oxygen atoms in total. The van der Waals surface area contributed by atoms with Crippen LogP contribution in [0.2, 0.25) is 0 Å². The number of rotatable bonds is 6. The first-order chi connectivity index (χ1) is 12.8. The number of hydrogen-bond donors (Lipinski definition) is 2. The predicted octanol–water partition coefficient (Wildman–Crippen LogP) is 3.67. The van der Waals surface area contributed by atoms with E-state index in [-0.39, 0.29) is 29.1 Å². The van der Waals surface area contributed by atoms with Gasteiger partial charge in [-0.2, -0.15) is 4.98 Å². The van der Waals surface area contributed by atoms with E-state index in [4.69, 9.17) is 9.47 Å². The van der Waals surface area contributed by atoms with Crippen LogP contribution in [0.4, 0.5) is 5.95 Å². The molecule has 7 heteroatoms. The fourth-order valence-electron chi connectivity index (χ4n) is 3.47. The Morgan fingerprint density at radius 1 is 1.26 bits per heavy atom. The third-order valence-corrected chi connectivity index (χ3v) is 5.09. The van der Waals surface area contributed by atoms with Crippen molar-refractivity contribution in [3.63, 3.8) is 0 Å². The number of aromatic nitrogens is 3. The predicted molar refractivity (Wildman–Crippen MR) is 104 cm³/mol. The molecular weight excluding hydrogens is 344 g/mol. The molecule has 0 bridgehead atoms. The maximum atomic E-state index is 12.7. The van der Waals surface area contributed by atoms with Crippen molar-refractivity contribution < 1.29 is 14.3 Å². The number of hydrogen-bond acceptors (Lipinski definition) is 5. The summed E-state index contributed by atoms with van der Waals surface area (Å²) in [5.41, 5.74) is 1.90. The highest BCUT2D eigenvalue weighted by molar-refractivity contribution is 5.94. The summed E-state index contributed by atoms with van der Waals surface area (Å²) in [4.78, 5) is 17.1. The van der Waals surface area contributed by atoms with E-state index in [1.165, 1.54) is 5.57 Å². The molecule has 1 fully saturated rings. The van der Waals surface area contributed by atoms with Gasteiger partial charge in [-0.3, -0.25) is 15.2 Å². The van der Waals surface area contributed by atoms with Gasteiger partial charge in [0.25, 0.3) is 0 Å². The number of nitrogens with zero attached hydrogens (tertiary/aromatic N) is 2. The third kappa shape index (κ3) is 3.67. The van der Waals surface area contributed by atoms with Crippen LogP contribution in [0.15, 0.2) is 29.8 Å². The minimum atomic E-state index is -0.0788. The van der Waals surface area contributed by atoms with Gasteiger partial charge in [-0.15, -0.1) is 5.10 Å². The van der Waals surface area contributed by atoms with Crippen molar-refractivity contribution in [1.82, 2.24) is 15.2 Å². The number of carbonyl (C=O) groups excluding carboxylic acids is 1. The Labute approximate surface area is 159 Å². The molecule has 1 aromatic carbocycles. The van der Waals surface area contributed by atoms with Gasteiger partial charge in [-0.05, 0) is 37.3 Å². The van der Waals surface area contributed by atoms with Crippen LogP contribution in [0.1, 0.15) is 27.7 Å². The summed E-state index contributed by atoms with van der Waals surface area (Å²) >= 11 is 0. The quantitative estimate of drug-likeness (QED) is 0.758. The average molecular weight is 370 g/mol. The van der Waals surface area contributed by atoms with E-state index < -0.39 is 0 Å². The van der Waals surface area contributed by atoms with E-state index in [0.717, 1.165) is 5.56 Å². The number of anilines is 1. The molecule has 2 atom stereocenters. The van der Waals surface area contributed by atoms with Gasteiger partial charge in [-0.25, -0.2) is 0 Å². The Morgan fingerprint density at radius 3 is 2.63 bits per heavy atom.